The predicted molar refractivity (Wildman–Crippen MR) is 65.4 cm³/mol. The van der Waals surface area contributed by atoms with Crippen LogP contribution >= 0.6 is 15.9 Å². The van der Waals surface area contributed by atoms with E-state index in [4.69, 9.17) is 4.74 Å². The molecule has 2 heterocycles. The maximum atomic E-state index is 11.1. The van der Waals surface area contributed by atoms with Crippen molar-refractivity contribution in [2.75, 3.05) is 7.11 Å². The number of halogens is 1. The van der Waals surface area contributed by atoms with E-state index in [0.29, 0.717) is 5.75 Å². The fourth-order valence-corrected chi connectivity index (χ4v) is 1.49. The molecule has 0 saturated heterocycles. The second kappa shape index (κ2) is 5.54. The highest BCUT2D eigenvalue weighted by molar-refractivity contribution is 9.10. The lowest BCUT2D eigenvalue weighted by Crippen LogP contribution is -2.04. The summed E-state index contributed by atoms with van der Waals surface area (Å²) < 4.78 is 10.7. The molecule has 92 valence electrons. The topological polar surface area (TPSA) is 74.2 Å². The molecule has 0 fully saturated rings. The molecule has 0 aliphatic carbocycles. The first-order valence-corrected chi connectivity index (χ1v) is 5.67. The van der Waals surface area contributed by atoms with Crippen molar-refractivity contribution in [2.45, 2.75) is 0 Å². The normalized spacial score (nSPS) is 9.89. The van der Waals surface area contributed by atoms with Crippen LogP contribution in [0, 0.1) is 0 Å². The van der Waals surface area contributed by atoms with Crippen LogP contribution in [0.5, 0.6) is 11.6 Å². The van der Waals surface area contributed by atoms with Crippen LogP contribution in [0.3, 0.4) is 0 Å². The maximum absolute atomic E-state index is 11.1. The second-order valence-corrected chi connectivity index (χ2v) is 4.09. The molecule has 6 nitrogen and oxygen atoms in total. The summed E-state index contributed by atoms with van der Waals surface area (Å²) in [6.07, 6.45) is 5.80. The molecule has 0 aliphatic heterocycles. The molecule has 0 amide bonds. The van der Waals surface area contributed by atoms with E-state index in [1.807, 2.05) is 0 Å². The van der Waals surface area contributed by atoms with E-state index in [1.165, 1.54) is 19.5 Å². The van der Waals surface area contributed by atoms with Crippen LogP contribution in [0.1, 0.15) is 10.5 Å². The van der Waals surface area contributed by atoms with Gasteiger partial charge in [-0.25, -0.2) is 14.8 Å². The van der Waals surface area contributed by atoms with Gasteiger partial charge in [0.25, 0.3) is 0 Å². The summed E-state index contributed by atoms with van der Waals surface area (Å²) in [5, 5.41) is 0. The number of carbonyl (C=O) groups is 1. The molecule has 7 heteroatoms. The molecule has 0 bridgehead atoms. The smallest absolute Gasteiger partial charge is 0.358 e. The van der Waals surface area contributed by atoms with Gasteiger partial charge in [-0.3, -0.25) is 4.98 Å². The summed E-state index contributed by atoms with van der Waals surface area (Å²) in [4.78, 5) is 22.9. The van der Waals surface area contributed by atoms with Crippen LogP contribution in [-0.2, 0) is 4.74 Å². The van der Waals surface area contributed by atoms with Crippen LogP contribution in [0.2, 0.25) is 0 Å². The van der Waals surface area contributed by atoms with Gasteiger partial charge in [0.05, 0.1) is 25.7 Å². The Labute approximate surface area is 111 Å². The Hall–Kier alpha value is -2.02. The van der Waals surface area contributed by atoms with E-state index in [2.05, 4.69) is 35.6 Å². The molecular formula is C11H8BrN3O3. The summed E-state index contributed by atoms with van der Waals surface area (Å²) in [6, 6.07) is 1.74. The highest BCUT2D eigenvalue weighted by Crippen LogP contribution is 2.20. The van der Waals surface area contributed by atoms with Crippen molar-refractivity contribution in [3.63, 3.8) is 0 Å². The van der Waals surface area contributed by atoms with E-state index in [9.17, 15) is 4.79 Å². The molecule has 0 unspecified atom stereocenters. The maximum Gasteiger partial charge on any atom is 0.358 e. The van der Waals surface area contributed by atoms with E-state index in [1.54, 1.807) is 18.5 Å². The number of pyridine rings is 1. The average molecular weight is 310 g/mol. The molecule has 18 heavy (non-hydrogen) atoms. The molecular weight excluding hydrogens is 302 g/mol. The van der Waals surface area contributed by atoms with E-state index < -0.39 is 5.97 Å². The van der Waals surface area contributed by atoms with Gasteiger partial charge >= 0.3 is 5.97 Å². The molecule has 0 N–H and O–H groups in total. The van der Waals surface area contributed by atoms with Crippen LogP contribution < -0.4 is 4.74 Å². The Morgan fingerprint density at radius 2 is 2.06 bits per heavy atom. The monoisotopic (exact) mass is 309 g/mol. The fraction of sp³-hybridized carbons (Fsp3) is 0.0909. The molecule has 0 aromatic carbocycles. The molecule has 0 saturated carbocycles. The molecule has 2 aromatic rings. The van der Waals surface area contributed by atoms with Crippen LogP contribution in [-0.4, -0.2) is 28.0 Å². The Balaban J connectivity index is 2.13. The highest BCUT2D eigenvalue weighted by Gasteiger charge is 2.08. The van der Waals surface area contributed by atoms with Crippen molar-refractivity contribution < 1.29 is 14.3 Å². The predicted octanol–water partition coefficient (Wildman–Crippen LogP) is 2.21. The minimum atomic E-state index is -0.543. The molecule has 0 atom stereocenters. The summed E-state index contributed by atoms with van der Waals surface area (Å²) in [7, 11) is 1.28. The Morgan fingerprint density at radius 3 is 2.67 bits per heavy atom. The third kappa shape index (κ3) is 3.01. The number of nitrogens with zero attached hydrogens (tertiary/aromatic N) is 3. The first kappa shape index (κ1) is 12.4. The fourth-order valence-electron chi connectivity index (χ4n) is 1.15. The molecule has 0 spiro atoms. The standard InChI is InChI=1S/C11H8BrN3O3/c1-17-11(16)9-5-15-10(6-14-9)18-8-2-7(12)3-13-4-8/h2-6H,1H3. The molecule has 2 rings (SSSR count). The third-order valence-corrected chi connectivity index (χ3v) is 2.36. The summed E-state index contributed by atoms with van der Waals surface area (Å²) in [6.45, 7) is 0. The number of esters is 1. The van der Waals surface area contributed by atoms with Gasteiger partial charge in [0.1, 0.15) is 5.75 Å². The number of hydrogen-bond donors (Lipinski definition) is 0. The van der Waals surface area contributed by atoms with Crippen LogP contribution in [0.15, 0.2) is 35.3 Å². The van der Waals surface area contributed by atoms with Crippen molar-refractivity contribution in [3.05, 3.63) is 41.0 Å². The number of ether oxygens (including phenoxy) is 2. The number of carbonyl (C=O) groups excluding carboxylic acids is 1. The van der Waals surface area contributed by atoms with Gasteiger partial charge in [-0.2, -0.15) is 0 Å². The van der Waals surface area contributed by atoms with E-state index in [0.717, 1.165) is 4.47 Å². The third-order valence-electron chi connectivity index (χ3n) is 1.92. The van der Waals surface area contributed by atoms with Gasteiger partial charge in [-0.1, -0.05) is 0 Å². The van der Waals surface area contributed by atoms with Gasteiger partial charge < -0.3 is 9.47 Å². The minimum Gasteiger partial charge on any atom is -0.464 e. The Bertz CT molecular complexity index is 560. The SMILES string of the molecule is COC(=O)c1cnc(Oc2cncc(Br)c2)cn1. The zero-order valence-corrected chi connectivity index (χ0v) is 10.9. The number of rotatable bonds is 3. The molecule has 2 aromatic heterocycles. The average Bonchev–Trinajstić information content (AvgIpc) is 2.39. The lowest BCUT2D eigenvalue weighted by molar-refractivity contribution is 0.0593. The number of methoxy groups -OCH3 is 1. The number of hydrogen-bond acceptors (Lipinski definition) is 6. The lowest BCUT2D eigenvalue weighted by atomic mass is 10.4. The lowest BCUT2D eigenvalue weighted by Gasteiger charge is -2.04. The van der Waals surface area contributed by atoms with Crippen LogP contribution in [0.25, 0.3) is 0 Å². The van der Waals surface area contributed by atoms with Crippen molar-refractivity contribution in [1.29, 1.82) is 0 Å². The first-order chi connectivity index (χ1) is 8.69. The Morgan fingerprint density at radius 1 is 1.22 bits per heavy atom. The highest BCUT2D eigenvalue weighted by atomic mass is 79.9. The van der Waals surface area contributed by atoms with Gasteiger partial charge in [-0.05, 0) is 22.0 Å². The zero-order chi connectivity index (χ0) is 13.0. The van der Waals surface area contributed by atoms with Gasteiger partial charge in [-0.15, -0.1) is 0 Å². The Kier molecular flexibility index (Phi) is 3.83. The van der Waals surface area contributed by atoms with Crippen molar-refractivity contribution in [2.24, 2.45) is 0 Å². The minimum absolute atomic E-state index is 0.122. The van der Waals surface area contributed by atoms with Crippen molar-refractivity contribution in [1.82, 2.24) is 15.0 Å². The van der Waals surface area contributed by atoms with Gasteiger partial charge in [0, 0.05) is 10.7 Å². The quantitative estimate of drug-likeness (QED) is 0.809. The van der Waals surface area contributed by atoms with E-state index >= 15 is 0 Å². The zero-order valence-electron chi connectivity index (χ0n) is 9.33. The van der Waals surface area contributed by atoms with Crippen molar-refractivity contribution >= 4 is 21.9 Å². The summed E-state index contributed by atoms with van der Waals surface area (Å²) >= 11 is 3.28. The molecule has 0 radical (unpaired) electrons. The summed E-state index contributed by atoms with van der Waals surface area (Å²) in [5.41, 5.74) is 0.122. The largest absolute Gasteiger partial charge is 0.464 e. The summed E-state index contributed by atoms with van der Waals surface area (Å²) in [5.74, 6) is 0.241. The molecule has 0 aliphatic rings. The van der Waals surface area contributed by atoms with Gasteiger partial charge in [0.2, 0.25) is 5.88 Å². The second-order valence-electron chi connectivity index (χ2n) is 3.17. The van der Waals surface area contributed by atoms with Gasteiger partial charge in [0.15, 0.2) is 5.69 Å². The van der Waals surface area contributed by atoms with Crippen molar-refractivity contribution in [3.8, 4) is 11.6 Å². The number of aromatic nitrogens is 3. The van der Waals surface area contributed by atoms with E-state index in [-0.39, 0.29) is 11.6 Å². The first-order valence-electron chi connectivity index (χ1n) is 4.88. The van der Waals surface area contributed by atoms with Crippen LogP contribution in [0.4, 0.5) is 0 Å².